The van der Waals surface area contributed by atoms with Crippen molar-refractivity contribution in [2.75, 3.05) is 13.2 Å². The molecule has 1 amide bonds. The van der Waals surface area contributed by atoms with Crippen LogP contribution in [0.3, 0.4) is 0 Å². The monoisotopic (exact) mass is 404 g/mol. The van der Waals surface area contributed by atoms with Crippen LogP contribution in [0, 0.1) is 5.41 Å². The molecule has 1 aliphatic rings. The van der Waals surface area contributed by atoms with Crippen molar-refractivity contribution in [2.24, 2.45) is 5.41 Å². The standard InChI is InChI=1S/C24H24N2O4/c1-24(2)13-19-17(20(27)14-24)12-18(23(29)26-19)22(28)25-10-11-30-21-9-5-7-15-6-3-4-8-16(15)21/h3-9,12H,10-11,13-14H2,1-2H3,(H,25,28)(H,26,29). The second-order valence-electron chi connectivity index (χ2n) is 8.43. The molecule has 6 nitrogen and oxygen atoms in total. The van der Waals surface area contributed by atoms with Gasteiger partial charge < -0.3 is 15.0 Å². The topological polar surface area (TPSA) is 88.3 Å². The van der Waals surface area contributed by atoms with Gasteiger partial charge in [0.2, 0.25) is 0 Å². The molecule has 0 saturated carbocycles. The van der Waals surface area contributed by atoms with E-state index < -0.39 is 11.5 Å². The Morgan fingerprint density at radius 1 is 1.10 bits per heavy atom. The lowest BCUT2D eigenvalue weighted by Gasteiger charge is -2.29. The lowest BCUT2D eigenvalue weighted by Crippen LogP contribution is -2.35. The van der Waals surface area contributed by atoms with Gasteiger partial charge in [0, 0.05) is 23.1 Å². The summed E-state index contributed by atoms with van der Waals surface area (Å²) in [4.78, 5) is 40.1. The van der Waals surface area contributed by atoms with Crippen molar-refractivity contribution in [2.45, 2.75) is 26.7 Å². The normalized spacial score (nSPS) is 14.9. The van der Waals surface area contributed by atoms with E-state index in [1.807, 2.05) is 56.3 Å². The van der Waals surface area contributed by atoms with E-state index in [4.69, 9.17) is 4.74 Å². The van der Waals surface area contributed by atoms with Crippen LogP contribution in [-0.4, -0.2) is 29.8 Å². The summed E-state index contributed by atoms with van der Waals surface area (Å²) in [5.41, 5.74) is 0.317. The maximum atomic E-state index is 12.5. The van der Waals surface area contributed by atoms with E-state index >= 15 is 0 Å². The number of carbonyl (C=O) groups is 2. The summed E-state index contributed by atoms with van der Waals surface area (Å²) < 4.78 is 5.81. The Kier molecular flexibility index (Phi) is 5.16. The zero-order valence-electron chi connectivity index (χ0n) is 17.1. The molecule has 0 aliphatic heterocycles. The Hall–Kier alpha value is -3.41. The number of amides is 1. The molecule has 0 bridgehead atoms. The largest absolute Gasteiger partial charge is 0.491 e. The van der Waals surface area contributed by atoms with Gasteiger partial charge in [0.05, 0.1) is 6.54 Å². The number of Topliss-reactive ketones (excluding diaryl/α,β-unsaturated/α-hetero) is 1. The van der Waals surface area contributed by atoms with Crippen LogP contribution in [0.25, 0.3) is 10.8 Å². The Morgan fingerprint density at radius 3 is 2.70 bits per heavy atom. The Bertz CT molecular complexity index is 1190. The highest BCUT2D eigenvalue weighted by Gasteiger charge is 2.32. The van der Waals surface area contributed by atoms with Gasteiger partial charge >= 0.3 is 0 Å². The third-order valence-electron chi connectivity index (χ3n) is 5.36. The first-order chi connectivity index (χ1) is 14.3. The fourth-order valence-electron chi connectivity index (χ4n) is 3.94. The van der Waals surface area contributed by atoms with Crippen molar-refractivity contribution in [1.82, 2.24) is 10.3 Å². The quantitative estimate of drug-likeness (QED) is 0.637. The van der Waals surface area contributed by atoms with Crippen LogP contribution in [0.2, 0.25) is 0 Å². The molecule has 0 spiro atoms. The number of ether oxygens (including phenoxy) is 1. The number of aromatic nitrogens is 1. The van der Waals surface area contributed by atoms with E-state index in [0.717, 1.165) is 16.5 Å². The second-order valence-corrected chi connectivity index (χ2v) is 8.43. The maximum Gasteiger partial charge on any atom is 0.261 e. The highest BCUT2D eigenvalue weighted by molar-refractivity contribution is 6.02. The average Bonchev–Trinajstić information content (AvgIpc) is 2.69. The number of nitrogens with one attached hydrogen (secondary N) is 2. The molecule has 1 aromatic heterocycles. The van der Waals surface area contributed by atoms with E-state index in [2.05, 4.69) is 10.3 Å². The van der Waals surface area contributed by atoms with Crippen LogP contribution in [0.1, 0.15) is 46.7 Å². The van der Waals surface area contributed by atoms with E-state index in [9.17, 15) is 14.4 Å². The van der Waals surface area contributed by atoms with Crippen molar-refractivity contribution < 1.29 is 14.3 Å². The molecule has 0 fully saturated rings. The number of pyridine rings is 1. The highest BCUT2D eigenvalue weighted by Crippen LogP contribution is 2.33. The molecular weight excluding hydrogens is 380 g/mol. The van der Waals surface area contributed by atoms with Crippen molar-refractivity contribution in [3.63, 3.8) is 0 Å². The molecule has 4 rings (SSSR count). The molecule has 1 heterocycles. The number of carbonyl (C=O) groups excluding carboxylic acids is 2. The number of hydrogen-bond acceptors (Lipinski definition) is 4. The number of fused-ring (bicyclic) bond motifs is 2. The summed E-state index contributed by atoms with van der Waals surface area (Å²) in [6.45, 7) is 4.47. The molecular formula is C24H24N2O4. The molecule has 2 aromatic carbocycles. The summed E-state index contributed by atoms with van der Waals surface area (Å²) >= 11 is 0. The van der Waals surface area contributed by atoms with Gasteiger partial charge in [-0.2, -0.15) is 0 Å². The number of rotatable bonds is 5. The summed E-state index contributed by atoms with van der Waals surface area (Å²) in [6, 6.07) is 15.1. The van der Waals surface area contributed by atoms with Gasteiger partial charge in [-0.3, -0.25) is 14.4 Å². The third-order valence-corrected chi connectivity index (χ3v) is 5.36. The van der Waals surface area contributed by atoms with Crippen molar-refractivity contribution in [1.29, 1.82) is 0 Å². The predicted molar refractivity (Wildman–Crippen MR) is 115 cm³/mol. The van der Waals surface area contributed by atoms with Crippen LogP contribution in [0.15, 0.2) is 53.3 Å². The first-order valence-corrected chi connectivity index (χ1v) is 10.0. The molecule has 2 N–H and O–H groups in total. The van der Waals surface area contributed by atoms with Crippen molar-refractivity contribution in [3.05, 3.63) is 75.7 Å². The van der Waals surface area contributed by atoms with Gasteiger partial charge in [0.15, 0.2) is 5.78 Å². The molecule has 6 heteroatoms. The fraction of sp³-hybridized carbons (Fsp3) is 0.292. The summed E-state index contributed by atoms with van der Waals surface area (Å²) in [7, 11) is 0. The maximum absolute atomic E-state index is 12.5. The van der Waals surface area contributed by atoms with E-state index in [0.29, 0.717) is 24.1 Å². The summed E-state index contributed by atoms with van der Waals surface area (Å²) in [6.07, 6.45) is 0.996. The minimum Gasteiger partial charge on any atom is -0.491 e. The van der Waals surface area contributed by atoms with E-state index in [-0.39, 0.29) is 29.9 Å². The Morgan fingerprint density at radius 2 is 1.87 bits per heavy atom. The Labute approximate surface area is 174 Å². The molecule has 30 heavy (non-hydrogen) atoms. The molecule has 0 atom stereocenters. The van der Waals surface area contributed by atoms with Gasteiger partial charge in [-0.05, 0) is 29.4 Å². The van der Waals surface area contributed by atoms with Crippen LogP contribution in [-0.2, 0) is 6.42 Å². The highest BCUT2D eigenvalue weighted by atomic mass is 16.5. The molecule has 0 unspecified atom stereocenters. The molecule has 0 radical (unpaired) electrons. The molecule has 0 saturated heterocycles. The number of aromatic amines is 1. The first-order valence-electron chi connectivity index (χ1n) is 10.0. The molecule has 154 valence electrons. The predicted octanol–water partition coefficient (Wildman–Crippen LogP) is 3.49. The lowest BCUT2D eigenvalue weighted by molar-refractivity contribution is 0.0910. The minimum absolute atomic E-state index is 0.0491. The third kappa shape index (κ3) is 3.99. The van der Waals surface area contributed by atoms with Crippen molar-refractivity contribution in [3.8, 4) is 5.75 Å². The van der Waals surface area contributed by atoms with Crippen LogP contribution in [0.4, 0.5) is 0 Å². The fourth-order valence-corrected chi connectivity index (χ4v) is 3.94. The van der Waals surface area contributed by atoms with Crippen molar-refractivity contribution >= 4 is 22.5 Å². The smallest absolute Gasteiger partial charge is 0.261 e. The molecule has 3 aromatic rings. The summed E-state index contributed by atoms with van der Waals surface area (Å²) in [5, 5.41) is 4.78. The van der Waals surface area contributed by atoms with Crippen LogP contribution in [0.5, 0.6) is 5.75 Å². The SMILES string of the molecule is CC1(C)CC(=O)c2cc(C(=O)NCCOc3cccc4ccccc34)c(=O)[nH]c2C1. The van der Waals surface area contributed by atoms with Gasteiger partial charge in [0.25, 0.3) is 11.5 Å². The van der Waals surface area contributed by atoms with Gasteiger partial charge in [-0.1, -0.05) is 50.2 Å². The minimum atomic E-state index is -0.516. The van der Waals surface area contributed by atoms with Crippen LogP contribution < -0.4 is 15.6 Å². The zero-order valence-corrected chi connectivity index (χ0v) is 17.1. The lowest BCUT2D eigenvalue weighted by atomic mass is 9.75. The average molecular weight is 404 g/mol. The van der Waals surface area contributed by atoms with Crippen LogP contribution >= 0.6 is 0 Å². The molecule has 1 aliphatic carbocycles. The number of ketones is 1. The second kappa shape index (κ2) is 7.78. The van der Waals surface area contributed by atoms with Gasteiger partial charge in [-0.25, -0.2) is 0 Å². The number of benzene rings is 2. The van der Waals surface area contributed by atoms with E-state index in [1.54, 1.807) is 0 Å². The zero-order chi connectivity index (χ0) is 21.3. The van der Waals surface area contributed by atoms with E-state index in [1.165, 1.54) is 6.07 Å². The number of hydrogen-bond donors (Lipinski definition) is 2. The first kappa shape index (κ1) is 19.9. The summed E-state index contributed by atoms with van der Waals surface area (Å²) in [5.74, 6) is 0.172. The van der Waals surface area contributed by atoms with Gasteiger partial charge in [-0.15, -0.1) is 0 Å². The van der Waals surface area contributed by atoms with Gasteiger partial charge in [0.1, 0.15) is 17.9 Å². The number of H-pyrrole nitrogens is 1. The Balaban J connectivity index is 1.42.